The zero-order chi connectivity index (χ0) is 13.8. The van der Waals surface area contributed by atoms with E-state index >= 15 is 0 Å². The molecular formula is C13H11NO5. The molecule has 1 N–H and O–H groups in total. The molecule has 6 nitrogen and oxygen atoms in total. The van der Waals surface area contributed by atoms with Crippen molar-refractivity contribution in [1.82, 2.24) is 5.32 Å². The zero-order valence-electron chi connectivity index (χ0n) is 10.1. The summed E-state index contributed by atoms with van der Waals surface area (Å²) in [6.45, 7) is -0.286. The van der Waals surface area contributed by atoms with Gasteiger partial charge in [0.05, 0.1) is 12.5 Å². The molecule has 0 radical (unpaired) electrons. The number of carbonyl (C=O) groups excluding carboxylic acids is 2. The molecule has 1 aromatic carbocycles. The predicted molar refractivity (Wildman–Crippen MR) is 66.8 cm³/mol. The van der Waals surface area contributed by atoms with Crippen LogP contribution in [0.3, 0.4) is 0 Å². The highest BCUT2D eigenvalue weighted by atomic mass is 16.5. The Bertz CT molecular complexity index is 689. The molecule has 1 heterocycles. The van der Waals surface area contributed by atoms with Gasteiger partial charge in [0, 0.05) is 0 Å². The molecule has 0 saturated carbocycles. The monoisotopic (exact) mass is 261 g/mol. The van der Waals surface area contributed by atoms with E-state index < -0.39 is 17.5 Å². The summed E-state index contributed by atoms with van der Waals surface area (Å²) in [5.41, 5.74) is -0.596. The Hall–Kier alpha value is -2.63. The lowest BCUT2D eigenvalue weighted by Gasteiger charge is -2.03. The summed E-state index contributed by atoms with van der Waals surface area (Å²) in [5, 5.41) is 3.29. The minimum atomic E-state index is -0.645. The normalized spacial score (nSPS) is 10.2. The van der Waals surface area contributed by atoms with Crippen molar-refractivity contribution >= 4 is 22.6 Å². The molecule has 19 heavy (non-hydrogen) atoms. The van der Waals surface area contributed by atoms with Gasteiger partial charge in [-0.25, -0.2) is 4.79 Å². The molecule has 1 amide bonds. The van der Waals surface area contributed by atoms with E-state index in [1.165, 1.54) is 13.2 Å². The number of hydrogen-bond acceptors (Lipinski definition) is 5. The average molecular weight is 261 g/mol. The lowest BCUT2D eigenvalue weighted by atomic mass is 10.1. The largest absolute Gasteiger partial charge is 0.468 e. The van der Waals surface area contributed by atoms with Crippen LogP contribution in [0.15, 0.2) is 39.5 Å². The molecule has 0 aliphatic carbocycles. The Kier molecular flexibility index (Phi) is 3.61. The Morgan fingerprint density at radius 3 is 2.79 bits per heavy atom. The van der Waals surface area contributed by atoms with E-state index in [4.69, 9.17) is 4.42 Å². The number of carbonyl (C=O) groups is 2. The van der Waals surface area contributed by atoms with Crippen LogP contribution >= 0.6 is 0 Å². The number of hydrogen-bond donors (Lipinski definition) is 1. The van der Waals surface area contributed by atoms with Gasteiger partial charge in [-0.2, -0.15) is 0 Å². The van der Waals surface area contributed by atoms with E-state index in [1.54, 1.807) is 24.3 Å². The third-order valence-corrected chi connectivity index (χ3v) is 2.51. The maximum atomic E-state index is 11.7. The van der Waals surface area contributed by atoms with Crippen molar-refractivity contribution in [3.8, 4) is 0 Å². The summed E-state index contributed by atoms with van der Waals surface area (Å²) in [4.78, 5) is 34.3. The highest BCUT2D eigenvalue weighted by Gasteiger charge is 2.13. The van der Waals surface area contributed by atoms with Crippen LogP contribution in [0.5, 0.6) is 0 Å². The lowest BCUT2D eigenvalue weighted by Crippen LogP contribution is -2.30. The van der Waals surface area contributed by atoms with Crippen molar-refractivity contribution in [3.05, 3.63) is 46.5 Å². The summed E-state index contributed by atoms with van der Waals surface area (Å²) in [6.07, 6.45) is 0. The van der Waals surface area contributed by atoms with Gasteiger partial charge in [-0.05, 0) is 17.5 Å². The minimum Gasteiger partial charge on any atom is -0.468 e. The van der Waals surface area contributed by atoms with Crippen LogP contribution < -0.4 is 10.9 Å². The maximum absolute atomic E-state index is 11.7. The maximum Gasteiger partial charge on any atom is 0.344 e. The van der Waals surface area contributed by atoms with Crippen molar-refractivity contribution < 1.29 is 18.7 Å². The Morgan fingerprint density at radius 1 is 1.32 bits per heavy atom. The average Bonchev–Trinajstić information content (AvgIpc) is 2.44. The first-order valence-electron chi connectivity index (χ1n) is 5.49. The van der Waals surface area contributed by atoms with Gasteiger partial charge in [0.15, 0.2) is 5.76 Å². The van der Waals surface area contributed by atoms with Crippen LogP contribution in [-0.4, -0.2) is 25.5 Å². The molecule has 98 valence electrons. The van der Waals surface area contributed by atoms with Crippen molar-refractivity contribution in [2.24, 2.45) is 0 Å². The number of esters is 1. The van der Waals surface area contributed by atoms with E-state index in [0.717, 1.165) is 0 Å². The molecular weight excluding hydrogens is 250 g/mol. The highest BCUT2D eigenvalue weighted by Crippen LogP contribution is 2.11. The van der Waals surface area contributed by atoms with E-state index in [1.807, 2.05) is 0 Å². The predicted octanol–water partition coefficient (Wildman–Crippen LogP) is 0.696. The van der Waals surface area contributed by atoms with Crippen molar-refractivity contribution in [3.63, 3.8) is 0 Å². The van der Waals surface area contributed by atoms with Crippen molar-refractivity contribution in [2.45, 2.75) is 0 Å². The van der Waals surface area contributed by atoms with Crippen molar-refractivity contribution in [1.29, 1.82) is 0 Å². The summed E-state index contributed by atoms with van der Waals surface area (Å²) >= 11 is 0. The molecule has 6 heteroatoms. The molecule has 0 unspecified atom stereocenters. The molecule has 0 aliphatic heterocycles. The number of nitrogens with one attached hydrogen (secondary N) is 1. The summed E-state index contributed by atoms with van der Waals surface area (Å²) in [5.74, 6) is -1.38. The third-order valence-electron chi connectivity index (χ3n) is 2.51. The second kappa shape index (κ2) is 5.34. The first kappa shape index (κ1) is 12.8. The SMILES string of the molecule is COC(=O)CNC(=O)c1cc2ccccc2c(=O)o1. The van der Waals surface area contributed by atoms with Crippen LogP contribution in [-0.2, 0) is 9.53 Å². The standard InChI is InChI=1S/C13H11NO5/c1-18-11(15)7-14-12(16)10-6-8-4-2-3-5-9(8)13(17)19-10/h2-6H,7H2,1H3,(H,14,16). The minimum absolute atomic E-state index is 0.146. The topological polar surface area (TPSA) is 85.6 Å². The fourth-order valence-corrected chi connectivity index (χ4v) is 1.56. The number of benzene rings is 1. The molecule has 0 fully saturated rings. The van der Waals surface area contributed by atoms with Gasteiger partial charge >= 0.3 is 11.6 Å². The molecule has 2 rings (SSSR count). The van der Waals surface area contributed by atoms with E-state index in [0.29, 0.717) is 10.8 Å². The van der Waals surface area contributed by atoms with Gasteiger partial charge < -0.3 is 14.5 Å². The number of methoxy groups -OCH3 is 1. The fourth-order valence-electron chi connectivity index (χ4n) is 1.56. The summed E-state index contributed by atoms with van der Waals surface area (Å²) < 4.78 is 9.28. The summed E-state index contributed by atoms with van der Waals surface area (Å²) in [6, 6.07) is 8.21. The Labute approximate surface area is 108 Å². The first-order chi connectivity index (χ1) is 9.11. The van der Waals surface area contributed by atoms with Crippen LogP contribution in [0, 0.1) is 0 Å². The number of amides is 1. The van der Waals surface area contributed by atoms with Gasteiger partial charge in [0.1, 0.15) is 6.54 Å². The molecule has 0 aliphatic rings. The van der Waals surface area contributed by atoms with Crippen LogP contribution in [0.2, 0.25) is 0 Å². The Morgan fingerprint density at radius 2 is 2.05 bits per heavy atom. The zero-order valence-corrected chi connectivity index (χ0v) is 10.1. The quantitative estimate of drug-likeness (QED) is 0.822. The van der Waals surface area contributed by atoms with Gasteiger partial charge in [0.2, 0.25) is 0 Å². The Balaban J connectivity index is 2.28. The van der Waals surface area contributed by atoms with Crippen LogP contribution in [0.4, 0.5) is 0 Å². The van der Waals surface area contributed by atoms with Gasteiger partial charge in [-0.15, -0.1) is 0 Å². The lowest BCUT2D eigenvalue weighted by molar-refractivity contribution is -0.139. The molecule has 0 spiro atoms. The van der Waals surface area contributed by atoms with E-state index in [-0.39, 0.29) is 12.3 Å². The van der Waals surface area contributed by atoms with Crippen LogP contribution in [0.25, 0.3) is 10.8 Å². The molecule has 0 saturated heterocycles. The molecule has 0 bridgehead atoms. The fraction of sp³-hybridized carbons (Fsp3) is 0.154. The smallest absolute Gasteiger partial charge is 0.344 e. The van der Waals surface area contributed by atoms with Gasteiger partial charge in [0.25, 0.3) is 5.91 Å². The summed E-state index contributed by atoms with van der Waals surface area (Å²) in [7, 11) is 1.21. The second-order valence-corrected chi connectivity index (χ2v) is 3.74. The van der Waals surface area contributed by atoms with Crippen LogP contribution in [0.1, 0.15) is 10.6 Å². The van der Waals surface area contributed by atoms with E-state index in [9.17, 15) is 14.4 Å². The number of rotatable bonds is 3. The number of fused-ring (bicyclic) bond motifs is 1. The number of ether oxygens (including phenoxy) is 1. The molecule has 0 atom stereocenters. The molecule has 2 aromatic rings. The second-order valence-electron chi connectivity index (χ2n) is 3.74. The first-order valence-corrected chi connectivity index (χ1v) is 5.49. The van der Waals surface area contributed by atoms with Crippen molar-refractivity contribution in [2.75, 3.05) is 13.7 Å². The highest BCUT2D eigenvalue weighted by molar-refractivity contribution is 5.96. The molecule has 1 aromatic heterocycles. The van der Waals surface area contributed by atoms with E-state index in [2.05, 4.69) is 10.1 Å². The third kappa shape index (κ3) is 2.79. The van der Waals surface area contributed by atoms with Gasteiger partial charge in [-0.1, -0.05) is 18.2 Å². The van der Waals surface area contributed by atoms with Gasteiger partial charge in [-0.3, -0.25) is 9.59 Å².